The Morgan fingerprint density at radius 3 is 1.23 bits per heavy atom. The lowest BCUT2D eigenvalue weighted by Crippen LogP contribution is -2.47. The van der Waals surface area contributed by atoms with Gasteiger partial charge in [0.1, 0.15) is 11.5 Å². The van der Waals surface area contributed by atoms with E-state index in [9.17, 15) is 29.4 Å². The van der Waals surface area contributed by atoms with Crippen molar-refractivity contribution in [2.24, 2.45) is 11.5 Å². The highest BCUT2D eigenvalue weighted by Crippen LogP contribution is 2.44. The number of carboxylic acid groups (broad SMARTS) is 2. The fraction of sp³-hybridized carbons (Fsp3) is 0.0714. The van der Waals surface area contributed by atoms with E-state index in [2.05, 4.69) is 0 Å². The zero-order valence-corrected chi connectivity index (χ0v) is 37.3. The number of fused-ring (bicyclic) bond motifs is 6. The number of benzene rings is 8. The lowest BCUT2D eigenvalue weighted by Gasteiger charge is -2.24. The molecule has 0 saturated heterocycles. The number of hydrogen-bond acceptors (Lipinski definition) is 6. The van der Waals surface area contributed by atoms with Crippen LogP contribution in [-0.4, -0.2) is 55.3 Å². The first-order chi connectivity index (χ1) is 33.4. The number of aliphatic carboxylic acids is 2. The van der Waals surface area contributed by atoms with Gasteiger partial charge < -0.3 is 40.3 Å². The highest BCUT2D eigenvalue weighted by molar-refractivity contribution is 6.30. The molecular weight excluding hydrogens is 892 g/mol. The molecule has 12 nitrogen and oxygen atoms in total. The highest BCUT2D eigenvalue weighted by atomic mass is 35.5. The van der Waals surface area contributed by atoms with E-state index in [0.29, 0.717) is 78.4 Å². The first-order valence-electron chi connectivity index (χ1n) is 21.9. The molecule has 0 fully saturated rings. The number of hydrogen-bond donors (Lipinski definition) is 4. The van der Waals surface area contributed by atoms with Crippen LogP contribution in [0.1, 0.15) is 31.8 Å². The summed E-state index contributed by atoms with van der Waals surface area (Å²) in [5.74, 6) is -4.87. The minimum Gasteiger partial charge on any atom is -0.478 e. The molecule has 340 valence electrons. The molecule has 6 N–H and O–H groups in total. The van der Waals surface area contributed by atoms with E-state index in [4.69, 9.17) is 32.5 Å². The van der Waals surface area contributed by atoms with Gasteiger partial charge in [-0.1, -0.05) is 127 Å². The summed E-state index contributed by atoms with van der Waals surface area (Å²) >= 11 is 6.32. The summed E-state index contributed by atoms with van der Waals surface area (Å²) < 4.78 is 17.1. The third kappa shape index (κ3) is 8.23. The predicted octanol–water partition coefficient (Wildman–Crippen LogP) is 10.5. The molecule has 69 heavy (non-hydrogen) atoms. The van der Waals surface area contributed by atoms with Gasteiger partial charge in [-0.3, -0.25) is 9.59 Å². The summed E-state index contributed by atoms with van der Waals surface area (Å²) in [6, 6.07) is 53.0. The number of primary amides is 2. The number of rotatable bonds is 15. The molecule has 0 bridgehead atoms. The van der Waals surface area contributed by atoms with Crippen molar-refractivity contribution in [1.82, 2.24) is 9.13 Å². The number of carboxylic acids is 2. The number of nitrogens with two attached hydrogens (primary N) is 2. The minimum atomic E-state index is -2.22. The van der Waals surface area contributed by atoms with E-state index in [1.54, 1.807) is 60.7 Å². The molecule has 10 aromatic rings. The molecule has 8 aromatic carbocycles. The fourth-order valence-electron chi connectivity index (χ4n) is 9.28. The van der Waals surface area contributed by atoms with Gasteiger partial charge in [-0.25, -0.2) is 9.59 Å². The van der Waals surface area contributed by atoms with Crippen molar-refractivity contribution in [2.75, 3.05) is 0 Å². The van der Waals surface area contributed by atoms with Gasteiger partial charge in [0.2, 0.25) is 24.0 Å². The van der Waals surface area contributed by atoms with Gasteiger partial charge in [-0.2, -0.15) is 0 Å². The van der Waals surface area contributed by atoms with Gasteiger partial charge in [0.05, 0.1) is 32.8 Å². The van der Waals surface area contributed by atoms with E-state index < -0.39 is 36.0 Å². The van der Waals surface area contributed by atoms with Crippen molar-refractivity contribution in [1.29, 1.82) is 0 Å². The molecule has 2 heterocycles. The topological polar surface area (TPSA) is 189 Å². The third-order valence-electron chi connectivity index (χ3n) is 12.4. The number of carbonyl (C=O) groups is 4. The zero-order chi connectivity index (χ0) is 47.9. The molecule has 0 spiro atoms. The van der Waals surface area contributed by atoms with Crippen LogP contribution in [0.2, 0.25) is 5.02 Å². The van der Waals surface area contributed by atoms with Gasteiger partial charge in [-0.15, -0.1) is 0 Å². The van der Waals surface area contributed by atoms with Crippen molar-refractivity contribution in [3.05, 3.63) is 203 Å². The molecule has 2 unspecified atom stereocenters. The molecule has 2 aromatic heterocycles. The van der Waals surface area contributed by atoms with Crippen LogP contribution in [0.25, 0.3) is 65.9 Å². The smallest absolute Gasteiger partial charge is 0.349 e. The predicted molar refractivity (Wildman–Crippen MR) is 267 cm³/mol. The number of aromatic nitrogens is 2. The summed E-state index contributed by atoms with van der Waals surface area (Å²) in [4.78, 5) is 53.9. The van der Waals surface area contributed by atoms with Gasteiger partial charge in [0.15, 0.2) is 0 Å². The Hall–Kier alpha value is -8.87. The molecular formula is C56H41ClN4O8. The van der Waals surface area contributed by atoms with E-state index in [0.717, 1.165) is 16.7 Å². The molecule has 0 aliphatic carbocycles. The molecule has 0 aliphatic heterocycles. The first kappa shape index (κ1) is 44.0. The molecule has 13 heteroatoms. The van der Waals surface area contributed by atoms with Crippen molar-refractivity contribution < 1.29 is 38.9 Å². The summed E-state index contributed by atoms with van der Waals surface area (Å²) in [6.07, 6.45) is -4.43. The van der Waals surface area contributed by atoms with Crippen molar-refractivity contribution >= 4 is 79.0 Å². The Balaban J connectivity index is 1.20. The summed E-state index contributed by atoms with van der Waals surface area (Å²) in [6.45, 7) is 0.670. The van der Waals surface area contributed by atoms with Crippen LogP contribution >= 0.6 is 11.6 Å². The van der Waals surface area contributed by atoms with Gasteiger partial charge in [0.25, 0.3) is 0 Å². The maximum Gasteiger partial charge on any atom is 0.349 e. The Morgan fingerprint density at radius 2 is 0.841 bits per heavy atom. The number of halogens is 1. The van der Waals surface area contributed by atoms with E-state index in [1.165, 1.54) is 0 Å². The maximum atomic E-state index is 13.7. The lowest BCUT2D eigenvalue weighted by molar-refractivity contribution is -0.161. The maximum absolute atomic E-state index is 13.7. The largest absolute Gasteiger partial charge is 0.478 e. The van der Waals surface area contributed by atoms with Crippen LogP contribution in [0.5, 0.6) is 11.5 Å². The molecule has 0 radical (unpaired) electrons. The monoisotopic (exact) mass is 932 g/mol. The van der Waals surface area contributed by atoms with Crippen molar-refractivity contribution in [2.45, 2.75) is 25.3 Å². The lowest BCUT2D eigenvalue weighted by atomic mass is 10.00. The van der Waals surface area contributed by atoms with Gasteiger partial charge >= 0.3 is 11.9 Å². The van der Waals surface area contributed by atoms with Crippen LogP contribution in [-0.2, 0) is 22.7 Å². The Labute approximate surface area is 399 Å². The standard InChI is InChI=1S/C56H41ClN4O8/c57-38-24-22-35(23-25-38)37-27-44-50(48-40(54(59)63)19-11-21-42(48)61(44)31-33-14-6-2-7-15-33)46(29-37)69-52(56(66)67)51(55(64)65)68-45-28-36(34-16-8-3-9-17-34)26-43-49(45)47-39(53(58)62)18-10-20-41(47)60(43)30-32-12-4-1-5-13-32/h1-29,51-52H,30-31H2,(H2,58,62)(H2,59,63)(H,64,65)(H,66,67). The average molecular weight is 933 g/mol. The van der Waals surface area contributed by atoms with Crippen LogP contribution in [0, 0.1) is 0 Å². The minimum absolute atomic E-state index is 0.0327. The van der Waals surface area contributed by atoms with Crippen LogP contribution in [0.15, 0.2) is 176 Å². The number of carbonyl (C=O) groups excluding carboxylic acids is 2. The Kier molecular flexibility index (Phi) is 11.5. The van der Waals surface area contributed by atoms with E-state index in [1.807, 2.05) is 124 Å². The van der Waals surface area contributed by atoms with E-state index >= 15 is 0 Å². The van der Waals surface area contributed by atoms with E-state index in [-0.39, 0.29) is 22.6 Å². The van der Waals surface area contributed by atoms with Gasteiger partial charge in [0, 0.05) is 40.0 Å². The molecule has 10 rings (SSSR count). The first-order valence-corrected chi connectivity index (χ1v) is 22.3. The molecule has 2 amide bonds. The summed E-state index contributed by atoms with van der Waals surface area (Å²) in [5.41, 5.74) is 19.2. The second kappa shape index (κ2) is 18.1. The number of amides is 2. The average Bonchev–Trinajstić information content (AvgIpc) is 3.85. The van der Waals surface area contributed by atoms with Crippen LogP contribution < -0.4 is 20.9 Å². The molecule has 2 atom stereocenters. The van der Waals surface area contributed by atoms with Gasteiger partial charge in [-0.05, 0) is 94.0 Å². The summed E-state index contributed by atoms with van der Waals surface area (Å²) in [7, 11) is 0. The quantitative estimate of drug-likeness (QED) is 0.0781. The van der Waals surface area contributed by atoms with Crippen molar-refractivity contribution in [3.63, 3.8) is 0 Å². The Morgan fingerprint density at radius 1 is 0.449 bits per heavy atom. The molecule has 0 saturated carbocycles. The second-order valence-corrected chi connectivity index (χ2v) is 17.1. The SMILES string of the molecule is NC(=O)c1cccc2c1c1c(OC(C(=O)O)C(Oc3cc(-c4ccc(Cl)cc4)cc4c3c3c(C(N)=O)cccc3n4Cc3ccccc3)C(=O)O)cc(-c3ccccc3)cc1n2Cc1ccccc1. The summed E-state index contributed by atoms with van der Waals surface area (Å²) in [5, 5.41) is 24.2. The zero-order valence-electron chi connectivity index (χ0n) is 36.6. The normalized spacial score (nSPS) is 12.3. The number of nitrogens with zero attached hydrogens (tertiary/aromatic N) is 2. The van der Waals surface area contributed by atoms with Crippen molar-refractivity contribution in [3.8, 4) is 33.8 Å². The number of ether oxygens (including phenoxy) is 2. The van der Waals surface area contributed by atoms with Crippen LogP contribution in [0.4, 0.5) is 0 Å². The Bertz CT molecular complexity index is 3650. The fourth-order valence-corrected chi connectivity index (χ4v) is 9.40. The molecule has 0 aliphatic rings. The second-order valence-electron chi connectivity index (χ2n) is 16.6. The van der Waals surface area contributed by atoms with Crippen LogP contribution in [0.3, 0.4) is 0 Å². The third-order valence-corrected chi connectivity index (χ3v) is 12.6. The highest BCUT2D eigenvalue weighted by Gasteiger charge is 2.40.